The lowest BCUT2D eigenvalue weighted by molar-refractivity contribution is -0.125. The number of hydrogen-bond acceptors (Lipinski definition) is 3. The van der Waals surface area contributed by atoms with E-state index in [0.29, 0.717) is 11.8 Å². The number of benzene rings is 2. The van der Waals surface area contributed by atoms with Crippen molar-refractivity contribution in [3.63, 3.8) is 0 Å². The van der Waals surface area contributed by atoms with Crippen molar-refractivity contribution in [1.29, 1.82) is 0 Å². The van der Waals surface area contributed by atoms with Crippen LogP contribution in [0.2, 0.25) is 0 Å². The molecule has 2 aliphatic carbocycles. The Balaban J connectivity index is 1.57. The lowest BCUT2D eigenvalue weighted by Crippen LogP contribution is -2.49. The molecule has 0 spiro atoms. The van der Waals surface area contributed by atoms with Crippen LogP contribution in [0.5, 0.6) is 0 Å². The zero-order valence-corrected chi connectivity index (χ0v) is 15.3. The standard InChI is InChI=1S/C23H24N2O2/c1-11(26)17-12-6-2-3-7-13(12)19-20-15(10-24-23(20)27)18-14-8-4-5-9-16(14)25-22(18)21(17)19/h2-9,11,15,17-22,25-26H,10H2,1H3,(H,24,27). The van der Waals surface area contributed by atoms with Crippen LogP contribution in [0.15, 0.2) is 48.5 Å². The molecule has 1 amide bonds. The Hall–Kier alpha value is -2.33. The molecule has 27 heavy (non-hydrogen) atoms. The van der Waals surface area contributed by atoms with Gasteiger partial charge in [0.05, 0.1) is 12.0 Å². The van der Waals surface area contributed by atoms with Crippen LogP contribution in [0.1, 0.15) is 41.4 Å². The van der Waals surface area contributed by atoms with E-state index in [9.17, 15) is 9.90 Å². The lowest BCUT2D eigenvalue weighted by Gasteiger charge is -2.46. The fourth-order valence-corrected chi connectivity index (χ4v) is 6.87. The van der Waals surface area contributed by atoms with Crippen molar-refractivity contribution in [3.05, 3.63) is 65.2 Å². The number of nitrogens with one attached hydrogen (secondary N) is 2. The summed E-state index contributed by atoms with van der Waals surface area (Å²) in [4.78, 5) is 12.9. The van der Waals surface area contributed by atoms with Crippen LogP contribution < -0.4 is 10.6 Å². The summed E-state index contributed by atoms with van der Waals surface area (Å²) < 4.78 is 0. The first-order chi connectivity index (χ1) is 13.2. The van der Waals surface area contributed by atoms with Crippen LogP contribution in [0.25, 0.3) is 0 Å². The summed E-state index contributed by atoms with van der Waals surface area (Å²) in [5.41, 5.74) is 5.05. The maximum Gasteiger partial charge on any atom is 0.224 e. The van der Waals surface area contributed by atoms with Gasteiger partial charge in [0, 0.05) is 36.0 Å². The predicted octanol–water partition coefficient (Wildman–Crippen LogP) is 2.82. The Morgan fingerprint density at radius 3 is 2.44 bits per heavy atom. The van der Waals surface area contributed by atoms with E-state index >= 15 is 0 Å². The quantitative estimate of drug-likeness (QED) is 0.733. The third-order valence-corrected chi connectivity index (χ3v) is 7.63. The number of para-hydroxylation sites is 1. The van der Waals surface area contributed by atoms with E-state index in [1.54, 1.807) is 0 Å². The fourth-order valence-electron chi connectivity index (χ4n) is 6.87. The van der Waals surface area contributed by atoms with Gasteiger partial charge in [-0.3, -0.25) is 4.79 Å². The molecule has 2 fully saturated rings. The van der Waals surface area contributed by atoms with Crippen molar-refractivity contribution in [3.8, 4) is 0 Å². The molecule has 2 aromatic carbocycles. The van der Waals surface area contributed by atoms with E-state index in [4.69, 9.17) is 0 Å². The SMILES string of the molecule is CC(O)C1c2ccccc2C2C3C(=O)NCC3C3c4ccccc4NC3C12. The van der Waals surface area contributed by atoms with E-state index in [0.717, 1.165) is 6.54 Å². The molecule has 4 heteroatoms. The zero-order valence-electron chi connectivity index (χ0n) is 15.3. The number of carbonyl (C=O) groups is 1. The van der Waals surface area contributed by atoms with E-state index in [1.807, 2.05) is 6.92 Å². The second-order valence-electron chi connectivity index (χ2n) is 8.72. The average Bonchev–Trinajstić information content (AvgIpc) is 3.32. The van der Waals surface area contributed by atoms with Gasteiger partial charge in [0.1, 0.15) is 0 Å². The number of aliphatic hydroxyl groups excluding tert-OH is 1. The molecule has 1 saturated carbocycles. The van der Waals surface area contributed by atoms with Gasteiger partial charge >= 0.3 is 0 Å². The van der Waals surface area contributed by atoms with Crippen molar-refractivity contribution >= 4 is 11.6 Å². The first kappa shape index (κ1) is 15.7. The van der Waals surface area contributed by atoms with Crippen molar-refractivity contribution < 1.29 is 9.90 Å². The van der Waals surface area contributed by atoms with E-state index in [-0.39, 0.29) is 35.6 Å². The number of fused-ring (bicyclic) bond motifs is 10. The Kier molecular flexibility index (Phi) is 3.11. The minimum Gasteiger partial charge on any atom is -0.393 e. The van der Waals surface area contributed by atoms with Crippen LogP contribution in [0.3, 0.4) is 0 Å². The number of hydrogen-bond donors (Lipinski definition) is 3. The third-order valence-electron chi connectivity index (χ3n) is 7.63. The molecule has 4 aliphatic rings. The van der Waals surface area contributed by atoms with Gasteiger partial charge in [0.15, 0.2) is 0 Å². The van der Waals surface area contributed by atoms with Gasteiger partial charge in [-0.15, -0.1) is 0 Å². The molecule has 4 nitrogen and oxygen atoms in total. The van der Waals surface area contributed by atoms with Crippen molar-refractivity contribution in [2.45, 2.75) is 36.8 Å². The van der Waals surface area contributed by atoms with E-state index < -0.39 is 6.10 Å². The third kappa shape index (κ3) is 1.89. The Bertz CT molecular complexity index is 939. The van der Waals surface area contributed by atoms with Crippen LogP contribution in [-0.4, -0.2) is 29.7 Å². The van der Waals surface area contributed by atoms with Crippen LogP contribution in [-0.2, 0) is 4.79 Å². The first-order valence-corrected chi connectivity index (χ1v) is 10.1. The Labute approximate surface area is 159 Å². The summed E-state index contributed by atoms with van der Waals surface area (Å²) in [6.07, 6.45) is -0.437. The van der Waals surface area contributed by atoms with Gasteiger partial charge in [0.25, 0.3) is 0 Å². The maximum atomic E-state index is 12.9. The van der Waals surface area contributed by atoms with Crippen LogP contribution in [0.4, 0.5) is 5.69 Å². The average molecular weight is 360 g/mol. The summed E-state index contributed by atoms with van der Waals surface area (Å²) in [7, 11) is 0. The molecular formula is C23H24N2O2. The van der Waals surface area contributed by atoms with Gasteiger partial charge < -0.3 is 15.7 Å². The van der Waals surface area contributed by atoms with Gasteiger partial charge in [0.2, 0.25) is 5.91 Å². The molecule has 6 rings (SSSR count). The van der Waals surface area contributed by atoms with Gasteiger partial charge in [-0.2, -0.15) is 0 Å². The Morgan fingerprint density at radius 1 is 0.963 bits per heavy atom. The highest BCUT2D eigenvalue weighted by Gasteiger charge is 2.63. The van der Waals surface area contributed by atoms with Gasteiger partial charge in [-0.1, -0.05) is 42.5 Å². The smallest absolute Gasteiger partial charge is 0.224 e. The summed E-state index contributed by atoms with van der Waals surface area (Å²) in [5, 5.41) is 17.7. The number of rotatable bonds is 1. The largest absolute Gasteiger partial charge is 0.393 e. The summed E-state index contributed by atoms with van der Waals surface area (Å²) in [6, 6.07) is 17.3. The lowest BCUT2D eigenvalue weighted by atomic mass is 9.58. The van der Waals surface area contributed by atoms with E-state index in [1.165, 1.54) is 22.4 Å². The monoisotopic (exact) mass is 360 g/mol. The second-order valence-corrected chi connectivity index (χ2v) is 8.72. The maximum absolute atomic E-state index is 12.9. The summed E-state index contributed by atoms with van der Waals surface area (Å²) in [6.45, 7) is 2.66. The van der Waals surface area contributed by atoms with E-state index in [2.05, 4.69) is 59.2 Å². The topological polar surface area (TPSA) is 61.4 Å². The number of aliphatic hydroxyl groups is 1. The molecule has 2 heterocycles. The molecule has 0 bridgehead atoms. The molecule has 0 aromatic heterocycles. The molecule has 0 radical (unpaired) electrons. The number of amides is 1. The van der Waals surface area contributed by atoms with Crippen molar-refractivity contribution in [2.75, 3.05) is 11.9 Å². The molecule has 8 atom stereocenters. The van der Waals surface area contributed by atoms with Crippen LogP contribution >= 0.6 is 0 Å². The highest BCUT2D eigenvalue weighted by molar-refractivity contribution is 5.84. The molecule has 138 valence electrons. The second kappa shape index (κ2) is 5.35. The van der Waals surface area contributed by atoms with Crippen LogP contribution in [0, 0.1) is 17.8 Å². The molecule has 8 unspecified atom stereocenters. The number of carbonyl (C=O) groups excluding carboxylic acids is 1. The molecule has 1 saturated heterocycles. The minimum atomic E-state index is -0.437. The predicted molar refractivity (Wildman–Crippen MR) is 104 cm³/mol. The first-order valence-electron chi connectivity index (χ1n) is 10.1. The molecule has 3 N–H and O–H groups in total. The van der Waals surface area contributed by atoms with Crippen molar-refractivity contribution in [1.82, 2.24) is 5.32 Å². The molecule has 2 aliphatic heterocycles. The minimum absolute atomic E-state index is 0.00546. The number of anilines is 1. The van der Waals surface area contributed by atoms with Crippen molar-refractivity contribution in [2.24, 2.45) is 17.8 Å². The normalized spacial score (nSPS) is 38.7. The van der Waals surface area contributed by atoms with Gasteiger partial charge in [-0.05, 0) is 41.5 Å². The fraction of sp³-hybridized carbons (Fsp3) is 0.435. The highest BCUT2D eigenvalue weighted by Crippen LogP contribution is 2.64. The zero-order chi connectivity index (χ0) is 18.3. The summed E-state index contributed by atoms with van der Waals surface area (Å²) >= 11 is 0. The van der Waals surface area contributed by atoms with Gasteiger partial charge in [-0.25, -0.2) is 0 Å². The molecule has 2 aromatic rings. The highest BCUT2D eigenvalue weighted by atomic mass is 16.3. The molecular weight excluding hydrogens is 336 g/mol. The Morgan fingerprint density at radius 2 is 1.67 bits per heavy atom. The summed E-state index contributed by atoms with van der Waals surface area (Å²) in [5.74, 6) is 1.28.